The lowest BCUT2D eigenvalue weighted by molar-refractivity contribution is -0.135. The summed E-state index contributed by atoms with van der Waals surface area (Å²) in [5, 5.41) is 3.36. The van der Waals surface area contributed by atoms with E-state index in [0.717, 1.165) is 45.1 Å². The predicted molar refractivity (Wildman–Crippen MR) is 71.4 cm³/mol. The van der Waals surface area contributed by atoms with Crippen LogP contribution in [0.15, 0.2) is 0 Å². The Bertz CT molecular complexity index is 289. The molecule has 0 bridgehead atoms. The maximum atomic E-state index is 12.3. The second kappa shape index (κ2) is 5.57. The molecule has 3 aliphatic rings. The zero-order valence-electron chi connectivity index (χ0n) is 11.2. The average Bonchev–Trinajstić information content (AvgIpc) is 3.24. The van der Waals surface area contributed by atoms with Crippen molar-refractivity contribution in [2.75, 3.05) is 39.3 Å². The van der Waals surface area contributed by atoms with Gasteiger partial charge in [-0.3, -0.25) is 9.69 Å². The van der Waals surface area contributed by atoms with Gasteiger partial charge in [0.05, 0.1) is 6.04 Å². The van der Waals surface area contributed by atoms with Crippen molar-refractivity contribution in [3.63, 3.8) is 0 Å². The molecule has 1 aliphatic carbocycles. The summed E-state index contributed by atoms with van der Waals surface area (Å²) < 4.78 is 0. The summed E-state index contributed by atoms with van der Waals surface area (Å²) in [4.78, 5) is 17.0. The summed E-state index contributed by atoms with van der Waals surface area (Å²) in [6, 6.07) is 0.105. The topological polar surface area (TPSA) is 35.6 Å². The standard InChI is InChI=1S/C14H25N3O/c18-14(13-3-1-2-6-15-13)17-9-7-16(8-10-17)11-12-4-5-12/h12-13,15H,1-11H2/t13-/m1/s1. The van der Waals surface area contributed by atoms with E-state index in [1.54, 1.807) is 0 Å². The fourth-order valence-electron chi connectivity index (χ4n) is 3.10. The molecule has 4 heteroatoms. The molecule has 0 unspecified atom stereocenters. The smallest absolute Gasteiger partial charge is 0.239 e. The molecular formula is C14H25N3O. The first-order chi connectivity index (χ1) is 8.83. The van der Waals surface area contributed by atoms with Crippen molar-refractivity contribution in [3.05, 3.63) is 0 Å². The molecule has 0 aromatic carbocycles. The van der Waals surface area contributed by atoms with Crippen LogP contribution in [0, 0.1) is 5.92 Å². The summed E-state index contributed by atoms with van der Waals surface area (Å²) >= 11 is 0. The highest BCUT2D eigenvalue weighted by molar-refractivity contribution is 5.82. The van der Waals surface area contributed by atoms with Gasteiger partial charge in [-0.2, -0.15) is 0 Å². The average molecular weight is 251 g/mol. The van der Waals surface area contributed by atoms with Gasteiger partial charge in [0.15, 0.2) is 0 Å². The van der Waals surface area contributed by atoms with Gasteiger partial charge in [-0.15, -0.1) is 0 Å². The number of amides is 1. The Morgan fingerprint density at radius 2 is 1.83 bits per heavy atom. The van der Waals surface area contributed by atoms with Crippen LogP contribution in [-0.4, -0.2) is 61.0 Å². The van der Waals surface area contributed by atoms with E-state index in [1.165, 1.54) is 32.2 Å². The summed E-state index contributed by atoms with van der Waals surface area (Å²) in [6.45, 7) is 6.30. The Morgan fingerprint density at radius 1 is 1.06 bits per heavy atom. The summed E-state index contributed by atoms with van der Waals surface area (Å²) in [7, 11) is 0. The Morgan fingerprint density at radius 3 is 2.44 bits per heavy atom. The number of nitrogens with zero attached hydrogens (tertiary/aromatic N) is 2. The Kier molecular flexibility index (Phi) is 3.85. The van der Waals surface area contributed by atoms with Crippen molar-refractivity contribution < 1.29 is 4.79 Å². The number of rotatable bonds is 3. The van der Waals surface area contributed by atoms with Crippen LogP contribution in [0.2, 0.25) is 0 Å². The second-order valence-electron chi connectivity index (χ2n) is 6.07. The van der Waals surface area contributed by atoms with Gasteiger partial charge in [-0.25, -0.2) is 0 Å². The molecule has 0 aromatic heterocycles. The molecule has 18 heavy (non-hydrogen) atoms. The molecule has 2 heterocycles. The van der Waals surface area contributed by atoms with E-state index in [2.05, 4.69) is 15.1 Å². The molecule has 1 amide bonds. The van der Waals surface area contributed by atoms with E-state index >= 15 is 0 Å². The maximum absolute atomic E-state index is 12.3. The Hall–Kier alpha value is -0.610. The van der Waals surface area contributed by atoms with Crippen LogP contribution in [-0.2, 0) is 4.79 Å². The SMILES string of the molecule is O=C([C@H]1CCCCN1)N1CCN(CC2CC2)CC1. The van der Waals surface area contributed by atoms with Crippen LogP contribution in [0.5, 0.6) is 0 Å². The Balaban J connectivity index is 1.44. The molecule has 0 radical (unpaired) electrons. The van der Waals surface area contributed by atoms with Crippen LogP contribution in [0.3, 0.4) is 0 Å². The molecule has 4 nitrogen and oxygen atoms in total. The van der Waals surface area contributed by atoms with Gasteiger partial charge in [-0.05, 0) is 38.1 Å². The summed E-state index contributed by atoms with van der Waals surface area (Å²) in [5.41, 5.74) is 0. The third kappa shape index (κ3) is 3.04. The number of piperazine rings is 1. The van der Waals surface area contributed by atoms with Crippen LogP contribution >= 0.6 is 0 Å². The lowest BCUT2D eigenvalue weighted by Crippen LogP contribution is -2.55. The highest BCUT2D eigenvalue weighted by Gasteiger charge is 2.30. The molecule has 0 aromatic rings. The van der Waals surface area contributed by atoms with Crippen molar-refractivity contribution >= 4 is 5.91 Å². The fourth-order valence-corrected chi connectivity index (χ4v) is 3.10. The van der Waals surface area contributed by atoms with Crippen LogP contribution in [0.4, 0.5) is 0 Å². The van der Waals surface area contributed by atoms with Crippen molar-refractivity contribution in [1.29, 1.82) is 0 Å². The minimum atomic E-state index is 0.105. The first kappa shape index (κ1) is 12.4. The van der Waals surface area contributed by atoms with Crippen molar-refractivity contribution in [2.45, 2.75) is 38.1 Å². The first-order valence-corrected chi connectivity index (χ1v) is 7.57. The van der Waals surface area contributed by atoms with Gasteiger partial charge < -0.3 is 10.2 Å². The zero-order chi connectivity index (χ0) is 12.4. The monoisotopic (exact) mass is 251 g/mol. The molecule has 1 saturated carbocycles. The third-order valence-corrected chi connectivity index (χ3v) is 4.51. The zero-order valence-corrected chi connectivity index (χ0v) is 11.2. The molecule has 3 rings (SSSR count). The quantitative estimate of drug-likeness (QED) is 0.801. The number of carbonyl (C=O) groups is 1. The van der Waals surface area contributed by atoms with Crippen LogP contribution < -0.4 is 5.32 Å². The molecule has 2 saturated heterocycles. The van der Waals surface area contributed by atoms with Gasteiger partial charge in [0.2, 0.25) is 5.91 Å². The molecule has 2 aliphatic heterocycles. The van der Waals surface area contributed by atoms with Crippen molar-refractivity contribution in [1.82, 2.24) is 15.1 Å². The normalized spacial score (nSPS) is 30.4. The summed E-state index contributed by atoms with van der Waals surface area (Å²) in [6.07, 6.45) is 6.29. The minimum absolute atomic E-state index is 0.105. The molecule has 0 spiro atoms. The van der Waals surface area contributed by atoms with Gasteiger partial charge in [0, 0.05) is 32.7 Å². The van der Waals surface area contributed by atoms with Crippen molar-refractivity contribution in [2.24, 2.45) is 5.92 Å². The van der Waals surface area contributed by atoms with E-state index in [4.69, 9.17) is 0 Å². The number of piperidine rings is 1. The molecule has 1 atom stereocenters. The van der Waals surface area contributed by atoms with E-state index in [9.17, 15) is 4.79 Å². The van der Waals surface area contributed by atoms with E-state index in [1.807, 2.05) is 0 Å². The fraction of sp³-hybridized carbons (Fsp3) is 0.929. The van der Waals surface area contributed by atoms with Gasteiger partial charge in [-0.1, -0.05) is 6.42 Å². The number of nitrogens with one attached hydrogen (secondary N) is 1. The molecule has 102 valence electrons. The van der Waals surface area contributed by atoms with Gasteiger partial charge >= 0.3 is 0 Å². The van der Waals surface area contributed by atoms with Gasteiger partial charge in [0.1, 0.15) is 0 Å². The Labute approximate surface area is 110 Å². The highest BCUT2D eigenvalue weighted by atomic mass is 16.2. The lowest BCUT2D eigenvalue weighted by Gasteiger charge is -2.37. The van der Waals surface area contributed by atoms with E-state index in [0.29, 0.717) is 5.91 Å². The lowest BCUT2D eigenvalue weighted by atomic mass is 10.0. The largest absolute Gasteiger partial charge is 0.339 e. The van der Waals surface area contributed by atoms with E-state index in [-0.39, 0.29) is 6.04 Å². The predicted octanol–water partition coefficient (Wildman–Crippen LogP) is 0.683. The molecule has 3 fully saturated rings. The first-order valence-electron chi connectivity index (χ1n) is 7.57. The number of hydrogen-bond donors (Lipinski definition) is 1. The van der Waals surface area contributed by atoms with Crippen molar-refractivity contribution in [3.8, 4) is 0 Å². The number of carbonyl (C=O) groups excluding carboxylic acids is 1. The van der Waals surface area contributed by atoms with Crippen LogP contribution in [0.1, 0.15) is 32.1 Å². The van der Waals surface area contributed by atoms with Gasteiger partial charge in [0.25, 0.3) is 0 Å². The second-order valence-corrected chi connectivity index (χ2v) is 6.07. The maximum Gasteiger partial charge on any atom is 0.239 e. The minimum Gasteiger partial charge on any atom is -0.339 e. The molecular weight excluding hydrogens is 226 g/mol. The highest BCUT2D eigenvalue weighted by Crippen LogP contribution is 2.29. The molecule has 1 N–H and O–H groups in total. The summed E-state index contributed by atoms with van der Waals surface area (Å²) in [5.74, 6) is 1.31. The third-order valence-electron chi connectivity index (χ3n) is 4.51. The van der Waals surface area contributed by atoms with Crippen LogP contribution in [0.25, 0.3) is 0 Å². The van der Waals surface area contributed by atoms with E-state index < -0.39 is 0 Å². The number of hydrogen-bond acceptors (Lipinski definition) is 3.